The molecule has 0 fully saturated rings. The highest BCUT2D eigenvalue weighted by Crippen LogP contribution is 2.28. The van der Waals surface area contributed by atoms with Crippen LogP contribution < -0.4 is 5.73 Å². The molecule has 1 aliphatic rings. The smallest absolute Gasteiger partial charge is 0.311 e. The van der Waals surface area contributed by atoms with E-state index in [4.69, 9.17) is 10.5 Å². The zero-order chi connectivity index (χ0) is 51.5. The molecule has 0 saturated heterocycles. The molecular weight excluding hydrogens is 891 g/mol. The molecule has 69 heavy (non-hydrogen) atoms. The van der Waals surface area contributed by atoms with E-state index in [0.717, 1.165) is 0 Å². The predicted octanol–water partition coefficient (Wildman–Crippen LogP) is 4.59. The van der Waals surface area contributed by atoms with Crippen molar-refractivity contribution >= 4 is 35.0 Å². The van der Waals surface area contributed by atoms with Gasteiger partial charge in [0, 0.05) is 55.7 Å². The monoisotopic (exact) mass is 966 g/mol. The molecule has 0 aromatic heterocycles. The van der Waals surface area contributed by atoms with Crippen molar-refractivity contribution in [3.63, 3.8) is 0 Å². The van der Waals surface area contributed by atoms with E-state index in [1.54, 1.807) is 85.0 Å². The van der Waals surface area contributed by atoms with Gasteiger partial charge in [0.25, 0.3) is 0 Å². The zero-order valence-electron chi connectivity index (χ0n) is 39.9. The second-order valence-electron chi connectivity index (χ2n) is 18.2. The van der Waals surface area contributed by atoms with Crippen molar-refractivity contribution < 1.29 is 74.7 Å². The summed E-state index contributed by atoms with van der Waals surface area (Å²) in [6.07, 6.45) is 9.62. The summed E-state index contributed by atoms with van der Waals surface area (Å²) < 4.78 is 5.98. The van der Waals surface area contributed by atoms with Crippen LogP contribution in [0.15, 0.2) is 109 Å². The van der Waals surface area contributed by atoms with E-state index in [1.807, 2.05) is 32.9 Å². The zero-order valence-corrected chi connectivity index (χ0v) is 39.9. The predicted molar refractivity (Wildman–Crippen MR) is 261 cm³/mol. The molecule has 0 radical (unpaired) electrons. The third kappa shape index (κ3) is 25.3. The summed E-state index contributed by atoms with van der Waals surface area (Å²) in [6, 6.07) is 6.46. The van der Waals surface area contributed by atoms with E-state index >= 15 is 0 Å². The fraction of sp³-hybridized carbons (Fsp3) is 0.528. The van der Waals surface area contributed by atoms with E-state index in [1.165, 1.54) is 12.2 Å². The molecule has 0 amide bonds. The summed E-state index contributed by atoms with van der Waals surface area (Å²) in [7, 11) is 0. The van der Waals surface area contributed by atoms with Crippen molar-refractivity contribution in [2.24, 2.45) is 23.7 Å². The van der Waals surface area contributed by atoms with E-state index in [9.17, 15) is 69.9 Å². The van der Waals surface area contributed by atoms with Gasteiger partial charge in [-0.3, -0.25) is 24.0 Å². The fourth-order valence-corrected chi connectivity index (χ4v) is 8.03. The van der Waals surface area contributed by atoms with Crippen LogP contribution in [0.5, 0.6) is 0 Å². The van der Waals surface area contributed by atoms with Crippen LogP contribution in [0, 0.1) is 23.7 Å². The van der Waals surface area contributed by atoms with Crippen molar-refractivity contribution in [3.8, 4) is 0 Å². The third-order valence-electron chi connectivity index (χ3n) is 11.8. The minimum Gasteiger partial charge on any atom is -0.481 e. The number of aliphatic hydroxyl groups excluding tert-OH is 8. The number of anilines is 1. The molecule has 0 saturated carbocycles. The fourth-order valence-electron chi connectivity index (χ4n) is 8.03. The molecule has 11 N–H and O–H groups in total. The standard InChI is InChI=1S/C53H75NO15/c1-34-17-14-12-10-8-6-4-5-7-9-11-13-15-18-40(56)30-48(64)51(53(67)68)49(65)31-45(61)29-44(60)28-43(59)27-42(58)26-39(55)19-16-20-41(57)32-50(66)69-52(34)36(3)25-35(2)46(62)33-47(63)37-21-23-38(54)24-22-37/h4-15,17-18,21-24,34-36,40-44,46,48-49,51-52,56-60,62,64-65H,16,19-20,25-33,54H2,1-3H3,(H,67,68)/b5-4+,8-6+,9-7+,12-10+,13-11+,17-14+,18-15+/t34-,35?,36?,40+,41-,42+,43+,44+,46+,48?,49?,51?,52?/m0/s1. The lowest BCUT2D eigenvalue weighted by Crippen LogP contribution is -2.41. The maximum absolute atomic E-state index is 13.3. The van der Waals surface area contributed by atoms with Gasteiger partial charge in [0.2, 0.25) is 0 Å². The van der Waals surface area contributed by atoms with Crippen LogP contribution in [0.3, 0.4) is 0 Å². The van der Waals surface area contributed by atoms with Gasteiger partial charge in [-0.25, -0.2) is 0 Å². The Labute approximate surface area is 405 Å². The number of esters is 1. The molecule has 2 rings (SSSR count). The Morgan fingerprint density at radius 3 is 1.74 bits per heavy atom. The number of carbonyl (C=O) groups is 5. The molecule has 1 aromatic carbocycles. The topological polar surface area (TPSA) is 303 Å². The molecule has 1 aliphatic heterocycles. The highest BCUT2D eigenvalue weighted by Gasteiger charge is 2.36. The van der Waals surface area contributed by atoms with Gasteiger partial charge in [-0.05, 0) is 68.2 Å². The molecule has 0 aliphatic carbocycles. The number of aliphatic hydroxyl groups is 8. The number of carbonyl (C=O) groups excluding carboxylic acids is 4. The number of ether oxygens (including phenoxy) is 1. The first-order chi connectivity index (χ1) is 32.7. The number of hydrogen-bond donors (Lipinski definition) is 10. The molecule has 16 nitrogen and oxygen atoms in total. The van der Waals surface area contributed by atoms with Gasteiger partial charge in [0.05, 0.1) is 55.3 Å². The Morgan fingerprint density at radius 2 is 1.19 bits per heavy atom. The van der Waals surface area contributed by atoms with E-state index in [2.05, 4.69) is 0 Å². The summed E-state index contributed by atoms with van der Waals surface area (Å²) in [4.78, 5) is 63.3. The Balaban J connectivity index is 2.22. The number of nitrogens with two attached hydrogens (primary N) is 1. The summed E-state index contributed by atoms with van der Waals surface area (Å²) >= 11 is 0. The molecule has 0 spiro atoms. The van der Waals surface area contributed by atoms with Gasteiger partial charge >= 0.3 is 11.9 Å². The van der Waals surface area contributed by atoms with Crippen molar-refractivity contribution in [2.45, 2.75) is 153 Å². The molecule has 1 heterocycles. The van der Waals surface area contributed by atoms with E-state index in [-0.39, 0.29) is 80.7 Å². The highest BCUT2D eigenvalue weighted by atomic mass is 16.5. The normalized spacial score (nSPS) is 32.3. The molecule has 382 valence electrons. The molecule has 1 aromatic rings. The van der Waals surface area contributed by atoms with Crippen LogP contribution in [0.25, 0.3) is 0 Å². The molecule has 16 heteroatoms. The van der Waals surface area contributed by atoms with Crippen LogP contribution >= 0.6 is 0 Å². The summed E-state index contributed by atoms with van der Waals surface area (Å²) in [5.74, 6) is -6.40. The maximum Gasteiger partial charge on any atom is 0.311 e. The number of rotatable bonds is 8. The first-order valence-electron chi connectivity index (χ1n) is 23.6. The number of ketones is 3. The first-order valence-corrected chi connectivity index (χ1v) is 23.6. The SMILES string of the molecule is CC(CC(C)[C@H](O)CC(=O)c1ccc(N)cc1)C1OC(=O)C[C@@H](O)CCCC(=O)C[C@@H](O)C[C@@H](O)C[C@@H](O)CC(=O)CC(O)C(C(=O)O)C(O)C[C@H](O)/C=C/C=C/C=C/C=C/C=C/C=C/C=C/[C@@H]1C. The number of Topliss-reactive ketones (excluding diaryl/α,β-unsaturated/α-hetero) is 3. The number of carboxylic acid groups (broad SMARTS) is 1. The Kier molecular flexibility index (Phi) is 28.3. The minimum absolute atomic E-state index is 0.0453. The van der Waals surface area contributed by atoms with Crippen molar-refractivity contribution in [1.82, 2.24) is 0 Å². The van der Waals surface area contributed by atoms with Gasteiger partial charge in [-0.1, -0.05) is 106 Å². The first kappa shape index (κ1) is 60.0. The molecular formula is C53H75NO15. The van der Waals surface area contributed by atoms with Crippen LogP contribution in [0.2, 0.25) is 0 Å². The molecule has 0 bridgehead atoms. The second kappa shape index (κ2) is 32.6. The molecule has 6 unspecified atom stereocenters. The summed E-state index contributed by atoms with van der Waals surface area (Å²) in [6.45, 7) is 5.60. The van der Waals surface area contributed by atoms with Crippen LogP contribution in [0.1, 0.15) is 108 Å². The Bertz CT molecular complexity index is 1950. The van der Waals surface area contributed by atoms with Gasteiger partial charge < -0.3 is 56.4 Å². The number of benzene rings is 1. The van der Waals surface area contributed by atoms with Gasteiger partial charge in [-0.15, -0.1) is 0 Å². The number of aliphatic carboxylic acids is 1. The van der Waals surface area contributed by atoms with E-state index < -0.39 is 97.8 Å². The lowest BCUT2D eigenvalue weighted by Gasteiger charge is -2.31. The lowest BCUT2D eigenvalue weighted by molar-refractivity contribution is -0.157. The number of hydrogen-bond acceptors (Lipinski definition) is 15. The molecule has 13 atom stereocenters. The Hall–Kier alpha value is -5.17. The van der Waals surface area contributed by atoms with Crippen molar-refractivity contribution in [1.29, 1.82) is 0 Å². The lowest BCUT2D eigenvalue weighted by atomic mass is 9.83. The van der Waals surface area contributed by atoms with Crippen LogP contribution in [0.4, 0.5) is 5.69 Å². The van der Waals surface area contributed by atoms with Crippen LogP contribution in [-0.2, 0) is 23.9 Å². The van der Waals surface area contributed by atoms with Crippen LogP contribution in [-0.4, -0.2) is 130 Å². The highest BCUT2D eigenvalue weighted by molar-refractivity contribution is 5.96. The van der Waals surface area contributed by atoms with Gasteiger partial charge in [0.15, 0.2) is 5.78 Å². The third-order valence-corrected chi connectivity index (χ3v) is 11.8. The average molecular weight is 966 g/mol. The minimum atomic E-state index is -1.85. The number of allylic oxidation sites excluding steroid dienone is 12. The maximum atomic E-state index is 13.3. The van der Waals surface area contributed by atoms with E-state index in [0.29, 0.717) is 17.7 Å². The number of cyclic esters (lactones) is 1. The summed E-state index contributed by atoms with van der Waals surface area (Å²) in [5, 5.41) is 94.2. The Morgan fingerprint density at radius 1 is 0.667 bits per heavy atom. The second-order valence-corrected chi connectivity index (χ2v) is 18.2. The number of carboxylic acids is 1. The quantitative estimate of drug-likeness (QED) is 0.0968. The van der Waals surface area contributed by atoms with Crippen molar-refractivity contribution in [3.05, 3.63) is 115 Å². The van der Waals surface area contributed by atoms with Gasteiger partial charge in [-0.2, -0.15) is 0 Å². The van der Waals surface area contributed by atoms with Gasteiger partial charge in [0.1, 0.15) is 23.6 Å². The summed E-state index contributed by atoms with van der Waals surface area (Å²) in [5.41, 5.74) is 6.70. The van der Waals surface area contributed by atoms with Crippen molar-refractivity contribution in [2.75, 3.05) is 5.73 Å². The number of nitrogen functional groups attached to an aromatic ring is 1. The largest absolute Gasteiger partial charge is 0.481 e. The average Bonchev–Trinajstić information content (AvgIpc) is 3.24.